The van der Waals surface area contributed by atoms with Gasteiger partial charge in [0.15, 0.2) is 0 Å². The molecule has 116 valence electrons. The summed E-state index contributed by atoms with van der Waals surface area (Å²) in [5, 5.41) is 3.06. The molecule has 0 bridgehead atoms. The smallest absolute Gasteiger partial charge is 0.220 e. The van der Waals surface area contributed by atoms with Crippen LogP contribution in [0.5, 0.6) is 0 Å². The first-order valence-electron chi connectivity index (χ1n) is 8.32. The van der Waals surface area contributed by atoms with E-state index in [-0.39, 0.29) is 11.3 Å². The predicted octanol–water partition coefficient (Wildman–Crippen LogP) is 2.36. The Balaban J connectivity index is 1.66. The maximum absolute atomic E-state index is 12.1. The summed E-state index contributed by atoms with van der Waals surface area (Å²) >= 11 is 0. The van der Waals surface area contributed by atoms with Crippen LogP contribution in [-0.2, 0) is 9.53 Å². The van der Waals surface area contributed by atoms with Crippen LogP contribution in [0.4, 0.5) is 0 Å². The molecular weight excluding hydrogens is 252 g/mol. The Hall–Kier alpha value is -0.610. The highest BCUT2D eigenvalue weighted by Gasteiger charge is 2.32. The number of ether oxygens (including phenoxy) is 1. The summed E-state index contributed by atoms with van der Waals surface area (Å²) in [5.41, 5.74) is 6.01. The van der Waals surface area contributed by atoms with Crippen LogP contribution in [0, 0.1) is 5.41 Å². The highest BCUT2D eigenvalue weighted by Crippen LogP contribution is 2.38. The summed E-state index contributed by atoms with van der Waals surface area (Å²) in [7, 11) is 0. The molecule has 0 aromatic carbocycles. The molecule has 1 unspecified atom stereocenters. The molecule has 0 radical (unpaired) electrons. The van der Waals surface area contributed by atoms with Gasteiger partial charge in [0.05, 0.1) is 6.10 Å². The van der Waals surface area contributed by atoms with E-state index in [0.29, 0.717) is 19.1 Å². The number of carbonyl (C=O) groups excluding carboxylic acids is 1. The zero-order valence-electron chi connectivity index (χ0n) is 12.7. The van der Waals surface area contributed by atoms with E-state index in [1.807, 2.05) is 0 Å². The van der Waals surface area contributed by atoms with Crippen LogP contribution in [0.25, 0.3) is 0 Å². The van der Waals surface area contributed by atoms with Gasteiger partial charge in [-0.2, -0.15) is 0 Å². The maximum atomic E-state index is 12.1. The van der Waals surface area contributed by atoms with Crippen LogP contribution in [0.2, 0.25) is 0 Å². The van der Waals surface area contributed by atoms with Crippen LogP contribution in [0.3, 0.4) is 0 Å². The summed E-state index contributed by atoms with van der Waals surface area (Å²) in [6.45, 7) is 2.27. The van der Waals surface area contributed by atoms with Gasteiger partial charge in [-0.25, -0.2) is 0 Å². The Bertz CT molecular complexity index is 295. The number of nitrogens with one attached hydrogen (secondary N) is 1. The summed E-state index contributed by atoms with van der Waals surface area (Å²) in [6.07, 6.45) is 11.5. The van der Waals surface area contributed by atoms with Crippen molar-refractivity contribution in [3.63, 3.8) is 0 Å². The van der Waals surface area contributed by atoms with Crippen molar-refractivity contribution < 1.29 is 9.53 Å². The largest absolute Gasteiger partial charge is 0.378 e. The van der Waals surface area contributed by atoms with Crippen molar-refractivity contribution in [1.29, 1.82) is 0 Å². The minimum absolute atomic E-state index is 0.0731. The van der Waals surface area contributed by atoms with E-state index in [2.05, 4.69) is 5.32 Å². The van der Waals surface area contributed by atoms with Gasteiger partial charge in [-0.3, -0.25) is 4.79 Å². The van der Waals surface area contributed by atoms with Crippen molar-refractivity contribution in [1.82, 2.24) is 5.32 Å². The third-order valence-electron chi connectivity index (χ3n) is 4.95. The van der Waals surface area contributed by atoms with Crippen LogP contribution in [0.15, 0.2) is 0 Å². The van der Waals surface area contributed by atoms with Gasteiger partial charge in [-0.05, 0) is 50.5 Å². The molecule has 1 saturated carbocycles. The van der Waals surface area contributed by atoms with E-state index >= 15 is 0 Å². The van der Waals surface area contributed by atoms with Gasteiger partial charge < -0.3 is 15.8 Å². The maximum Gasteiger partial charge on any atom is 0.220 e. The summed E-state index contributed by atoms with van der Waals surface area (Å²) in [6, 6.07) is 0. The Kier molecular flexibility index (Phi) is 6.30. The Morgan fingerprint density at radius 1 is 1.20 bits per heavy atom. The number of carbonyl (C=O) groups is 1. The molecule has 1 aliphatic carbocycles. The summed E-state index contributed by atoms with van der Waals surface area (Å²) < 4.78 is 5.68. The highest BCUT2D eigenvalue weighted by atomic mass is 16.5. The van der Waals surface area contributed by atoms with E-state index in [9.17, 15) is 4.79 Å². The third-order valence-corrected chi connectivity index (χ3v) is 4.95. The van der Waals surface area contributed by atoms with Crippen molar-refractivity contribution in [3.8, 4) is 0 Å². The van der Waals surface area contributed by atoms with E-state index in [0.717, 1.165) is 38.8 Å². The molecule has 4 nitrogen and oxygen atoms in total. The number of rotatable bonds is 6. The van der Waals surface area contributed by atoms with Gasteiger partial charge in [0, 0.05) is 19.6 Å². The second kappa shape index (κ2) is 7.99. The molecule has 0 aromatic heterocycles. The number of hydrogen-bond donors (Lipinski definition) is 2. The average molecular weight is 282 g/mol. The normalized spacial score (nSPS) is 26.1. The van der Waals surface area contributed by atoms with Gasteiger partial charge in [-0.15, -0.1) is 0 Å². The molecule has 1 saturated heterocycles. The molecule has 2 fully saturated rings. The second-order valence-corrected chi connectivity index (χ2v) is 6.57. The molecule has 4 heteroatoms. The van der Waals surface area contributed by atoms with Gasteiger partial charge in [-0.1, -0.05) is 19.3 Å². The first-order chi connectivity index (χ1) is 9.74. The first kappa shape index (κ1) is 15.8. The number of hydrogen-bond acceptors (Lipinski definition) is 3. The lowest BCUT2D eigenvalue weighted by molar-refractivity contribution is -0.124. The second-order valence-electron chi connectivity index (χ2n) is 6.57. The van der Waals surface area contributed by atoms with Crippen LogP contribution < -0.4 is 11.1 Å². The van der Waals surface area contributed by atoms with E-state index in [1.165, 1.54) is 32.1 Å². The lowest BCUT2D eigenvalue weighted by Crippen LogP contribution is -2.39. The van der Waals surface area contributed by atoms with Gasteiger partial charge in [0.25, 0.3) is 0 Å². The third kappa shape index (κ3) is 4.74. The Morgan fingerprint density at radius 2 is 2.00 bits per heavy atom. The lowest BCUT2D eigenvalue weighted by atomic mass is 9.71. The Morgan fingerprint density at radius 3 is 2.65 bits per heavy atom. The van der Waals surface area contributed by atoms with Crippen molar-refractivity contribution in [2.24, 2.45) is 11.1 Å². The molecule has 3 N–H and O–H groups in total. The van der Waals surface area contributed by atoms with Crippen LogP contribution >= 0.6 is 0 Å². The van der Waals surface area contributed by atoms with Crippen molar-refractivity contribution in [3.05, 3.63) is 0 Å². The van der Waals surface area contributed by atoms with Crippen molar-refractivity contribution in [2.45, 2.75) is 70.3 Å². The van der Waals surface area contributed by atoms with Gasteiger partial charge in [0.1, 0.15) is 0 Å². The molecule has 1 atom stereocenters. The van der Waals surface area contributed by atoms with Gasteiger partial charge in [0.2, 0.25) is 5.91 Å². The fourth-order valence-electron chi connectivity index (χ4n) is 3.57. The Labute approximate surface area is 122 Å². The molecule has 2 aliphatic rings. The molecule has 20 heavy (non-hydrogen) atoms. The highest BCUT2D eigenvalue weighted by molar-refractivity contribution is 5.76. The number of nitrogens with two attached hydrogens (primary N) is 1. The quantitative estimate of drug-likeness (QED) is 0.786. The number of amides is 1. The molecular formula is C16H30N2O2. The SMILES string of the molecule is NCC1(CC(=O)NCCC2CCCCO2)CCCCC1. The molecule has 0 aromatic rings. The predicted molar refractivity (Wildman–Crippen MR) is 80.4 cm³/mol. The zero-order valence-corrected chi connectivity index (χ0v) is 12.7. The van der Waals surface area contributed by atoms with Crippen molar-refractivity contribution in [2.75, 3.05) is 19.7 Å². The minimum Gasteiger partial charge on any atom is -0.378 e. The van der Waals surface area contributed by atoms with E-state index in [4.69, 9.17) is 10.5 Å². The van der Waals surface area contributed by atoms with E-state index in [1.54, 1.807) is 0 Å². The summed E-state index contributed by atoms with van der Waals surface area (Å²) in [4.78, 5) is 12.1. The zero-order chi connectivity index (χ0) is 14.3. The minimum atomic E-state index is 0.0731. The van der Waals surface area contributed by atoms with Crippen LogP contribution in [-0.4, -0.2) is 31.7 Å². The fraction of sp³-hybridized carbons (Fsp3) is 0.938. The average Bonchev–Trinajstić information content (AvgIpc) is 2.49. The fourth-order valence-corrected chi connectivity index (χ4v) is 3.57. The molecule has 1 heterocycles. The van der Waals surface area contributed by atoms with E-state index < -0.39 is 0 Å². The van der Waals surface area contributed by atoms with Gasteiger partial charge >= 0.3 is 0 Å². The standard InChI is InChI=1S/C16H30N2O2/c17-13-16(8-3-1-4-9-16)12-15(19)18-10-7-14-6-2-5-11-20-14/h14H,1-13,17H2,(H,18,19). The first-order valence-corrected chi connectivity index (χ1v) is 8.32. The van der Waals surface area contributed by atoms with Crippen LogP contribution in [0.1, 0.15) is 64.2 Å². The monoisotopic (exact) mass is 282 g/mol. The lowest BCUT2D eigenvalue weighted by Gasteiger charge is -2.35. The summed E-state index contributed by atoms with van der Waals surface area (Å²) in [5.74, 6) is 0.174. The molecule has 1 amide bonds. The molecule has 2 rings (SSSR count). The van der Waals surface area contributed by atoms with Crippen molar-refractivity contribution >= 4 is 5.91 Å². The molecule has 0 spiro atoms. The molecule has 1 aliphatic heterocycles. The topological polar surface area (TPSA) is 64.4 Å².